The fourth-order valence-corrected chi connectivity index (χ4v) is 1.74. The molecule has 0 spiro atoms. The van der Waals surface area contributed by atoms with Gasteiger partial charge >= 0.3 is 0 Å². The second-order valence-electron chi connectivity index (χ2n) is 3.38. The van der Waals surface area contributed by atoms with Crippen molar-refractivity contribution in [1.82, 2.24) is 0 Å². The molecule has 0 nitrogen and oxygen atoms in total. The van der Waals surface area contributed by atoms with Crippen LogP contribution in [-0.2, 0) is 0 Å². The highest BCUT2D eigenvalue weighted by Crippen LogP contribution is 2.27. The van der Waals surface area contributed by atoms with Gasteiger partial charge in [0.2, 0.25) is 0 Å². The lowest BCUT2D eigenvalue weighted by Gasteiger charge is -2.22. The maximum absolute atomic E-state index is 4.00. The Hall–Kier alpha value is -0.440. The molecule has 0 aromatic heterocycles. The third kappa shape index (κ3) is 3.56. The largest absolute Gasteiger partial charge is 0.124 e. The molecule has 0 heteroatoms. The molecule has 0 radical (unpaired) electrons. The maximum atomic E-state index is 4.00. The van der Waals surface area contributed by atoms with Gasteiger partial charge in [0.05, 0.1) is 0 Å². The van der Waals surface area contributed by atoms with Gasteiger partial charge in [0.15, 0.2) is 0 Å². The highest BCUT2D eigenvalue weighted by atomic mass is 14.2. The number of hydrogen-bond donors (Lipinski definition) is 0. The van der Waals surface area contributed by atoms with Gasteiger partial charge in [-0.15, -0.1) is 12.8 Å². The standard InChI is InChI=1S/C8H16.C2H2/c1-7-4-3-5-8(2)6-7;1-2/h7-8H,3-6H2,1-2H3;1-2H/t7-,8?;/m0./s1. The molecule has 0 aromatic carbocycles. The molecule has 1 saturated carbocycles. The van der Waals surface area contributed by atoms with E-state index in [0.717, 1.165) is 11.8 Å². The summed E-state index contributed by atoms with van der Waals surface area (Å²) in [6.45, 7) is 4.74. The highest BCUT2D eigenvalue weighted by Gasteiger charge is 2.13. The molecule has 0 saturated heterocycles. The van der Waals surface area contributed by atoms with E-state index in [-0.39, 0.29) is 0 Å². The summed E-state index contributed by atoms with van der Waals surface area (Å²) in [6.07, 6.45) is 13.9. The van der Waals surface area contributed by atoms with Crippen LogP contribution < -0.4 is 0 Å². The second-order valence-corrected chi connectivity index (χ2v) is 3.38. The third-order valence-electron chi connectivity index (χ3n) is 2.20. The van der Waals surface area contributed by atoms with Crippen molar-refractivity contribution in [2.45, 2.75) is 39.5 Å². The topological polar surface area (TPSA) is 0 Å². The van der Waals surface area contributed by atoms with E-state index < -0.39 is 0 Å². The van der Waals surface area contributed by atoms with Gasteiger partial charge in [-0.1, -0.05) is 33.1 Å². The summed E-state index contributed by atoms with van der Waals surface area (Å²) in [7, 11) is 0. The zero-order valence-corrected chi connectivity index (χ0v) is 7.14. The van der Waals surface area contributed by atoms with Crippen LogP contribution in [0.2, 0.25) is 0 Å². The summed E-state index contributed by atoms with van der Waals surface area (Å²) in [5.74, 6) is 2.03. The van der Waals surface area contributed by atoms with Crippen LogP contribution in [0.3, 0.4) is 0 Å². The molecule has 0 heterocycles. The van der Waals surface area contributed by atoms with Crippen LogP contribution >= 0.6 is 0 Å². The van der Waals surface area contributed by atoms with Crippen LogP contribution in [0.15, 0.2) is 0 Å². The molecule has 1 aliphatic carbocycles. The molecular weight excluding hydrogens is 120 g/mol. The minimum absolute atomic E-state index is 1.01. The van der Waals surface area contributed by atoms with E-state index in [1.807, 2.05) is 0 Å². The van der Waals surface area contributed by atoms with Crippen LogP contribution in [0.5, 0.6) is 0 Å². The number of terminal acetylenes is 1. The second kappa shape index (κ2) is 5.35. The van der Waals surface area contributed by atoms with E-state index in [0.29, 0.717) is 0 Å². The van der Waals surface area contributed by atoms with Crippen molar-refractivity contribution < 1.29 is 0 Å². The quantitative estimate of drug-likeness (QED) is 0.451. The fraction of sp³-hybridized carbons (Fsp3) is 0.800. The van der Waals surface area contributed by atoms with Crippen molar-refractivity contribution in [3.8, 4) is 12.8 Å². The minimum atomic E-state index is 1.01. The summed E-state index contributed by atoms with van der Waals surface area (Å²) >= 11 is 0. The average Bonchev–Trinajstić information content (AvgIpc) is 1.91. The molecule has 1 unspecified atom stereocenters. The van der Waals surface area contributed by atoms with Crippen LogP contribution in [0.25, 0.3) is 0 Å². The molecule has 1 rings (SSSR count). The zero-order valence-electron chi connectivity index (χ0n) is 7.14. The number of rotatable bonds is 0. The predicted octanol–water partition coefficient (Wildman–Crippen LogP) is 3.08. The summed E-state index contributed by atoms with van der Waals surface area (Å²) in [4.78, 5) is 0. The normalized spacial score (nSPS) is 32.0. The van der Waals surface area contributed by atoms with Gasteiger partial charge in [-0.2, -0.15) is 0 Å². The van der Waals surface area contributed by atoms with Gasteiger partial charge in [-0.05, 0) is 18.3 Å². The lowest BCUT2D eigenvalue weighted by Crippen LogP contribution is -2.09. The predicted molar refractivity (Wildman–Crippen MR) is 46.7 cm³/mol. The van der Waals surface area contributed by atoms with Crippen molar-refractivity contribution in [1.29, 1.82) is 0 Å². The minimum Gasteiger partial charge on any atom is -0.124 e. The Morgan fingerprint density at radius 3 is 1.60 bits per heavy atom. The SMILES string of the molecule is C#C.CC1CCC[C@H](C)C1. The highest BCUT2D eigenvalue weighted by molar-refractivity contribution is 4.66. The molecule has 2 atom stereocenters. The summed E-state index contributed by atoms with van der Waals surface area (Å²) in [5, 5.41) is 0. The summed E-state index contributed by atoms with van der Waals surface area (Å²) in [6, 6.07) is 0. The van der Waals surface area contributed by atoms with Gasteiger partial charge in [-0.3, -0.25) is 0 Å². The van der Waals surface area contributed by atoms with Crippen molar-refractivity contribution in [3.05, 3.63) is 0 Å². The van der Waals surface area contributed by atoms with E-state index in [1.54, 1.807) is 0 Å². The lowest BCUT2D eigenvalue weighted by atomic mass is 9.84. The van der Waals surface area contributed by atoms with Gasteiger partial charge in [0.25, 0.3) is 0 Å². The Balaban J connectivity index is 0.000000371. The molecule has 0 aliphatic heterocycles. The molecule has 0 aromatic rings. The van der Waals surface area contributed by atoms with E-state index in [4.69, 9.17) is 0 Å². The van der Waals surface area contributed by atoms with Crippen molar-refractivity contribution in [2.75, 3.05) is 0 Å². The Bertz CT molecular complexity index is 83.5. The third-order valence-corrected chi connectivity index (χ3v) is 2.20. The van der Waals surface area contributed by atoms with Gasteiger partial charge in [-0.25, -0.2) is 0 Å². The average molecular weight is 138 g/mol. The zero-order chi connectivity index (χ0) is 7.98. The van der Waals surface area contributed by atoms with Crippen LogP contribution in [0.4, 0.5) is 0 Å². The summed E-state index contributed by atoms with van der Waals surface area (Å²) < 4.78 is 0. The first-order valence-electron chi connectivity index (χ1n) is 4.12. The Labute approximate surface area is 65.0 Å². The van der Waals surface area contributed by atoms with Crippen LogP contribution in [0.1, 0.15) is 39.5 Å². The fourth-order valence-electron chi connectivity index (χ4n) is 1.74. The van der Waals surface area contributed by atoms with Crippen LogP contribution in [-0.4, -0.2) is 0 Å². The lowest BCUT2D eigenvalue weighted by molar-refractivity contribution is 0.301. The van der Waals surface area contributed by atoms with E-state index >= 15 is 0 Å². The molecule has 1 aliphatic rings. The molecule has 1 fully saturated rings. The summed E-state index contributed by atoms with van der Waals surface area (Å²) in [5.41, 5.74) is 0. The first-order valence-corrected chi connectivity index (χ1v) is 4.12. The molecule has 0 N–H and O–H groups in total. The first-order chi connectivity index (χ1) is 4.79. The maximum Gasteiger partial charge on any atom is -0.0440 e. The molecule has 10 heavy (non-hydrogen) atoms. The van der Waals surface area contributed by atoms with E-state index in [2.05, 4.69) is 26.7 Å². The Kier molecular flexibility index (Phi) is 5.12. The van der Waals surface area contributed by atoms with Gasteiger partial charge in [0, 0.05) is 0 Å². The molecular formula is C10H18. The van der Waals surface area contributed by atoms with Gasteiger partial charge < -0.3 is 0 Å². The van der Waals surface area contributed by atoms with Crippen LogP contribution in [0, 0.1) is 24.7 Å². The Morgan fingerprint density at radius 1 is 1.00 bits per heavy atom. The van der Waals surface area contributed by atoms with Crippen molar-refractivity contribution in [3.63, 3.8) is 0 Å². The van der Waals surface area contributed by atoms with E-state index in [9.17, 15) is 0 Å². The van der Waals surface area contributed by atoms with Crippen molar-refractivity contribution in [2.24, 2.45) is 11.8 Å². The van der Waals surface area contributed by atoms with Gasteiger partial charge in [0.1, 0.15) is 0 Å². The number of hydrogen-bond acceptors (Lipinski definition) is 0. The van der Waals surface area contributed by atoms with Crippen molar-refractivity contribution >= 4 is 0 Å². The van der Waals surface area contributed by atoms with E-state index in [1.165, 1.54) is 25.7 Å². The molecule has 58 valence electrons. The monoisotopic (exact) mass is 138 g/mol. The molecule has 0 bridgehead atoms. The molecule has 0 amide bonds. The smallest absolute Gasteiger partial charge is 0.0440 e. The first kappa shape index (κ1) is 9.56. The Morgan fingerprint density at radius 2 is 1.40 bits per heavy atom.